The summed E-state index contributed by atoms with van der Waals surface area (Å²) in [5.41, 5.74) is 0. The lowest BCUT2D eigenvalue weighted by atomic mass is 10.4. The molecule has 0 saturated carbocycles. The van der Waals surface area contributed by atoms with E-state index in [0.717, 1.165) is 22.2 Å². The lowest BCUT2D eigenvalue weighted by molar-refractivity contribution is 0.592. The van der Waals surface area contributed by atoms with Crippen molar-refractivity contribution in [1.29, 1.82) is 0 Å². The Morgan fingerprint density at radius 3 is 2.37 bits per heavy atom. The summed E-state index contributed by atoms with van der Waals surface area (Å²) in [4.78, 5) is 5.68. The van der Waals surface area contributed by atoms with Gasteiger partial charge in [0.2, 0.25) is 0 Å². The van der Waals surface area contributed by atoms with Crippen LogP contribution in [-0.2, 0) is 9.84 Å². The van der Waals surface area contributed by atoms with Crippen LogP contribution in [0.5, 0.6) is 0 Å². The molecular formula is C19H24ClN3O2S2. The Hall–Kier alpha value is -1.70. The summed E-state index contributed by atoms with van der Waals surface area (Å²) in [5.74, 6) is 1.65. The van der Waals surface area contributed by atoms with Crippen molar-refractivity contribution in [2.45, 2.75) is 16.2 Å². The van der Waals surface area contributed by atoms with E-state index >= 15 is 0 Å². The molecule has 0 aliphatic heterocycles. The second-order valence-corrected chi connectivity index (χ2v) is 9.43. The third-order valence-electron chi connectivity index (χ3n) is 3.69. The molecule has 0 spiro atoms. The van der Waals surface area contributed by atoms with Gasteiger partial charge in [0.25, 0.3) is 0 Å². The fraction of sp³-hybridized carbons (Fsp3) is 0.316. The monoisotopic (exact) mass is 425 g/mol. The fourth-order valence-corrected chi connectivity index (χ4v) is 4.53. The molecule has 0 radical (unpaired) electrons. The van der Waals surface area contributed by atoms with Crippen molar-refractivity contribution in [2.24, 2.45) is 4.99 Å². The average Bonchev–Trinajstić information content (AvgIpc) is 2.69. The summed E-state index contributed by atoms with van der Waals surface area (Å²) >= 11 is 7.60. The second kappa shape index (κ2) is 11.2. The highest BCUT2D eigenvalue weighted by Crippen LogP contribution is 2.19. The molecular weight excluding hydrogens is 402 g/mol. The zero-order chi connectivity index (χ0) is 19.5. The first-order valence-electron chi connectivity index (χ1n) is 8.62. The van der Waals surface area contributed by atoms with Crippen LogP contribution >= 0.6 is 23.4 Å². The predicted molar refractivity (Wildman–Crippen MR) is 115 cm³/mol. The Morgan fingerprint density at radius 1 is 1.04 bits per heavy atom. The van der Waals surface area contributed by atoms with Crippen LogP contribution in [0, 0.1) is 0 Å². The Kier molecular flexibility index (Phi) is 8.97. The van der Waals surface area contributed by atoms with Gasteiger partial charge in [0, 0.05) is 35.8 Å². The fourth-order valence-electron chi connectivity index (χ4n) is 2.30. The highest BCUT2D eigenvalue weighted by Gasteiger charge is 2.13. The topological polar surface area (TPSA) is 70.6 Å². The molecule has 8 heteroatoms. The first-order chi connectivity index (χ1) is 13.0. The van der Waals surface area contributed by atoms with Gasteiger partial charge >= 0.3 is 0 Å². The molecule has 0 aromatic heterocycles. The summed E-state index contributed by atoms with van der Waals surface area (Å²) in [5, 5.41) is 7.10. The summed E-state index contributed by atoms with van der Waals surface area (Å²) in [7, 11) is -1.54. The summed E-state index contributed by atoms with van der Waals surface area (Å²) in [6.07, 6.45) is 0.511. The SMILES string of the molecule is CN=C(NCCCS(=O)(=O)c1ccccc1)NCCSc1ccc(Cl)cc1. The number of hydrogen-bond donors (Lipinski definition) is 2. The Balaban J connectivity index is 1.64. The second-order valence-electron chi connectivity index (χ2n) is 5.71. The van der Waals surface area contributed by atoms with E-state index in [1.807, 2.05) is 30.3 Å². The van der Waals surface area contributed by atoms with Gasteiger partial charge in [-0.05, 0) is 42.8 Å². The van der Waals surface area contributed by atoms with E-state index in [-0.39, 0.29) is 5.75 Å². The maximum Gasteiger partial charge on any atom is 0.191 e. The van der Waals surface area contributed by atoms with Gasteiger partial charge in [0.15, 0.2) is 15.8 Å². The molecule has 2 rings (SSSR count). The van der Waals surface area contributed by atoms with Crippen molar-refractivity contribution in [1.82, 2.24) is 10.6 Å². The smallest absolute Gasteiger partial charge is 0.191 e. The standard InChI is InChI=1S/C19H24ClN3O2S2/c1-21-19(23-13-14-26-17-10-8-16(20)9-11-17)22-12-5-15-27(24,25)18-6-3-2-4-7-18/h2-4,6-11H,5,12-15H2,1H3,(H2,21,22,23). The number of nitrogens with one attached hydrogen (secondary N) is 2. The zero-order valence-corrected chi connectivity index (χ0v) is 17.6. The molecule has 0 amide bonds. The van der Waals surface area contributed by atoms with Crippen LogP contribution in [0.25, 0.3) is 0 Å². The Morgan fingerprint density at radius 2 is 1.70 bits per heavy atom. The normalized spacial score (nSPS) is 12.0. The summed E-state index contributed by atoms with van der Waals surface area (Å²) in [6, 6.07) is 16.3. The lowest BCUT2D eigenvalue weighted by Crippen LogP contribution is -2.39. The maximum atomic E-state index is 12.2. The molecule has 5 nitrogen and oxygen atoms in total. The van der Waals surface area contributed by atoms with E-state index in [0.29, 0.717) is 23.8 Å². The molecule has 0 atom stereocenters. The number of nitrogens with zero attached hydrogens (tertiary/aromatic N) is 1. The predicted octanol–water partition coefficient (Wildman–Crippen LogP) is 3.46. The number of benzene rings is 2. The number of hydrogen-bond acceptors (Lipinski definition) is 4. The van der Waals surface area contributed by atoms with Gasteiger partial charge < -0.3 is 10.6 Å². The average molecular weight is 426 g/mol. The Bertz CT molecular complexity index is 826. The van der Waals surface area contributed by atoms with Crippen LogP contribution in [0.4, 0.5) is 0 Å². The first-order valence-corrected chi connectivity index (χ1v) is 11.6. The van der Waals surface area contributed by atoms with E-state index < -0.39 is 9.84 Å². The zero-order valence-electron chi connectivity index (χ0n) is 15.2. The molecule has 27 heavy (non-hydrogen) atoms. The number of halogens is 1. The number of rotatable bonds is 9. The molecule has 2 aromatic rings. The van der Waals surface area contributed by atoms with Gasteiger partial charge in [-0.1, -0.05) is 29.8 Å². The molecule has 0 saturated heterocycles. The van der Waals surface area contributed by atoms with Crippen LogP contribution in [0.1, 0.15) is 6.42 Å². The number of aliphatic imine (C=N–C) groups is 1. The van der Waals surface area contributed by atoms with E-state index in [1.165, 1.54) is 0 Å². The van der Waals surface area contributed by atoms with E-state index in [4.69, 9.17) is 11.6 Å². The molecule has 0 unspecified atom stereocenters. The first kappa shape index (κ1) is 21.6. The molecule has 0 aliphatic rings. The summed E-state index contributed by atoms with van der Waals surface area (Å²) < 4.78 is 24.5. The highest BCUT2D eigenvalue weighted by molar-refractivity contribution is 7.99. The number of guanidine groups is 1. The molecule has 2 N–H and O–H groups in total. The number of sulfone groups is 1. The van der Waals surface area contributed by atoms with Crippen molar-refractivity contribution in [2.75, 3.05) is 31.6 Å². The minimum Gasteiger partial charge on any atom is -0.356 e. The van der Waals surface area contributed by atoms with Crippen molar-refractivity contribution in [3.63, 3.8) is 0 Å². The molecule has 0 aliphatic carbocycles. The number of thioether (sulfide) groups is 1. The third-order valence-corrected chi connectivity index (χ3v) is 6.77. The lowest BCUT2D eigenvalue weighted by Gasteiger charge is -2.12. The van der Waals surface area contributed by atoms with Gasteiger partial charge in [-0.15, -0.1) is 11.8 Å². The van der Waals surface area contributed by atoms with Gasteiger partial charge in [-0.2, -0.15) is 0 Å². The van der Waals surface area contributed by atoms with Gasteiger partial charge in [-0.25, -0.2) is 8.42 Å². The largest absolute Gasteiger partial charge is 0.356 e. The van der Waals surface area contributed by atoms with Crippen LogP contribution < -0.4 is 10.6 Å². The van der Waals surface area contributed by atoms with E-state index in [9.17, 15) is 8.42 Å². The minimum absolute atomic E-state index is 0.105. The van der Waals surface area contributed by atoms with Gasteiger partial charge in [0.1, 0.15) is 0 Å². The molecule has 0 bridgehead atoms. The van der Waals surface area contributed by atoms with Crippen LogP contribution in [0.2, 0.25) is 5.02 Å². The molecule has 0 fully saturated rings. The van der Waals surface area contributed by atoms with E-state index in [1.54, 1.807) is 43.1 Å². The molecule has 146 valence electrons. The van der Waals surface area contributed by atoms with Crippen molar-refractivity contribution in [3.8, 4) is 0 Å². The van der Waals surface area contributed by atoms with Crippen LogP contribution in [0.3, 0.4) is 0 Å². The van der Waals surface area contributed by atoms with E-state index in [2.05, 4.69) is 15.6 Å². The van der Waals surface area contributed by atoms with Crippen molar-refractivity contribution < 1.29 is 8.42 Å². The third kappa shape index (κ3) is 7.82. The van der Waals surface area contributed by atoms with Gasteiger partial charge in [-0.3, -0.25) is 4.99 Å². The maximum absolute atomic E-state index is 12.2. The van der Waals surface area contributed by atoms with Crippen molar-refractivity contribution >= 4 is 39.2 Å². The Labute approximate surface area is 170 Å². The minimum atomic E-state index is -3.23. The quantitative estimate of drug-likeness (QED) is 0.278. The van der Waals surface area contributed by atoms with Crippen molar-refractivity contribution in [3.05, 3.63) is 59.6 Å². The molecule has 2 aromatic carbocycles. The van der Waals surface area contributed by atoms with Gasteiger partial charge in [0.05, 0.1) is 10.6 Å². The summed E-state index contributed by atoms with van der Waals surface area (Å²) in [6.45, 7) is 1.28. The van der Waals surface area contributed by atoms with Crippen LogP contribution in [0.15, 0.2) is 69.4 Å². The van der Waals surface area contributed by atoms with Crippen LogP contribution in [-0.4, -0.2) is 46.0 Å². The highest BCUT2D eigenvalue weighted by atomic mass is 35.5. The molecule has 0 heterocycles.